The number of nitrogens with zero attached hydrogens (tertiary/aromatic N) is 1. The van der Waals surface area contributed by atoms with Gasteiger partial charge in [0.15, 0.2) is 0 Å². The highest BCUT2D eigenvalue weighted by Gasteiger charge is 2.35. The van der Waals surface area contributed by atoms with Crippen LogP contribution in [0.25, 0.3) is 0 Å². The summed E-state index contributed by atoms with van der Waals surface area (Å²) >= 11 is -1.19. The third-order valence-electron chi connectivity index (χ3n) is 3.04. The Morgan fingerprint density at radius 1 is 1.35 bits per heavy atom. The van der Waals surface area contributed by atoms with Crippen LogP contribution in [-0.2, 0) is 16.2 Å². The predicted molar refractivity (Wildman–Crippen MR) is 81.7 cm³/mol. The number of carbonyl (C=O) groups is 1. The summed E-state index contributed by atoms with van der Waals surface area (Å²) in [6.45, 7) is 5.75. The lowest BCUT2D eigenvalue weighted by molar-refractivity contribution is -0.137. The van der Waals surface area contributed by atoms with E-state index < -0.39 is 17.3 Å². The molecule has 2 atom stereocenters. The molecule has 0 amide bonds. The van der Waals surface area contributed by atoms with Gasteiger partial charge in [-0.2, -0.15) is 0 Å². The van der Waals surface area contributed by atoms with Gasteiger partial charge in [0.2, 0.25) is 0 Å². The number of carboxylic acids is 1. The van der Waals surface area contributed by atoms with E-state index in [1.165, 1.54) is 0 Å². The molecule has 0 saturated heterocycles. The molecule has 0 fully saturated rings. The summed E-state index contributed by atoms with van der Waals surface area (Å²) in [5, 5.41) is 8.90. The van der Waals surface area contributed by atoms with Crippen LogP contribution in [-0.4, -0.2) is 31.7 Å². The van der Waals surface area contributed by atoms with Crippen LogP contribution in [0.4, 0.5) is 0 Å². The molecule has 0 heterocycles. The zero-order valence-corrected chi connectivity index (χ0v) is 13.3. The summed E-state index contributed by atoms with van der Waals surface area (Å²) in [6, 6.07) is 9.48. The summed E-state index contributed by atoms with van der Waals surface area (Å²) in [7, 11) is 1.79. The molecule has 0 aliphatic carbocycles. The lowest BCUT2D eigenvalue weighted by atomic mass is 10.0. The van der Waals surface area contributed by atoms with E-state index in [0.29, 0.717) is 6.42 Å². The van der Waals surface area contributed by atoms with Crippen molar-refractivity contribution in [3.8, 4) is 0 Å². The maximum atomic E-state index is 12.5. The van der Waals surface area contributed by atoms with Crippen LogP contribution in [0.2, 0.25) is 0 Å². The number of aliphatic carboxylic acids is 1. The van der Waals surface area contributed by atoms with Crippen molar-refractivity contribution >= 4 is 17.3 Å². The van der Waals surface area contributed by atoms with Gasteiger partial charge in [-0.15, -0.1) is 4.31 Å². The van der Waals surface area contributed by atoms with Gasteiger partial charge in [0.25, 0.3) is 0 Å². The zero-order valence-electron chi connectivity index (χ0n) is 12.5. The lowest BCUT2D eigenvalue weighted by Gasteiger charge is -2.35. The van der Waals surface area contributed by atoms with E-state index in [-0.39, 0.29) is 17.2 Å². The van der Waals surface area contributed by atoms with Crippen LogP contribution < -0.4 is 0 Å². The fraction of sp³-hybridized carbons (Fsp3) is 0.533. The predicted octanol–water partition coefficient (Wildman–Crippen LogP) is 2.99. The summed E-state index contributed by atoms with van der Waals surface area (Å²) in [6.07, 6.45) is 0.503. The second-order valence-corrected chi connectivity index (χ2v) is 8.07. The van der Waals surface area contributed by atoms with Crippen molar-refractivity contribution in [1.82, 2.24) is 4.31 Å². The van der Waals surface area contributed by atoms with Crippen LogP contribution in [0.3, 0.4) is 0 Å². The molecule has 1 aromatic carbocycles. The molecule has 0 spiro atoms. The topological polar surface area (TPSA) is 63.6 Å². The maximum Gasteiger partial charge on any atom is 0.303 e. The first-order valence-electron chi connectivity index (χ1n) is 6.65. The highest BCUT2D eigenvalue weighted by Crippen LogP contribution is 2.31. The fourth-order valence-electron chi connectivity index (χ4n) is 2.04. The second kappa shape index (κ2) is 7.11. The Kier molecular flexibility index (Phi) is 6.05. The molecule has 0 saturated carbocycles. The van der Waals surface area contributed by atoms with Crippen molar-refractivity contribution in [2.45, 2.75) is 44.4 Å². The van der Waals surface area contributed by atoms with Gasteiger partial charge in [0, 0.05) is 24.8 Å². The first-order chi connectivity index (χ1) is 9.23. The molecular weight excluding hydrogens is 274 g/mol. The average Bonchev–Trinajstić information content (AvgIpc) is 2.37. The standard InChI is InChI=1S/C15H23NO3S/c1-15(2,3)20(19)16(4)13(10-11-14(17)18)12-8-6-5-7-9-12/h5-9,13H,10-11H2,1-4H3,(H,17,18)/t13?,20-/m1/s1. The minimum absolute atomic E-state index is 0.0608. The average molecular weight is 297 g/mol. The van der Waals surface area contributed by atoms with Gasteiger partial charge in [0.1, 0.15) is 4.75 Å². The molecule has 112 valence electrons. The molecule has 0 radical (unpaired) electrons. The van der Waals surface area contributed by atoms with Gasteiger partial charge in [0.05, 0.1) is 6.04 Å². The molecule has 20 heavy (non-hydrogen) atoms. The molecule has 0 bridgehead atoms. The monoisotopic (exact) mass is 297 g/mol. The van der Waals surface area contributed by atoms with Gasteiger partial charge in [-0.3, -0.25) is 4.79 Å². The van der Waals surface area contributed by atoms with Gasteiger partial charge < -0.3 is 9.66 Å². The van der Waals surface area contributed by atoms with Crippen molar-refractivity contribution < 1.29 is 14.5 Å². The van der Waals surface area contributed by atoms with E-state index in [4.69, 9.17) is 5.11 Å². The van der Waals surface area contributed by atoms with Crippen LogP contribution in [0.5, 0.6) is 0 Å². The SMILES string of the molecule is CN(C(CCC(=O)O)c1ccccc1)[S@+]([O-])C(C)(C)C. The number of carboxylic acid groups (broad SMARTS) is 1. The van der Waals surface area contributed by atoms with Crippen molar-refractivity contribution in [1.29, 1.82) is 0 Å². The van der Waals surface area contributed by atoms with Gasteiger partial charge in [-0.05, 0) is 32.8 Å². The Morgan fingerprint density at radius 2 is 1.90 bits per heavy atom. The van der Waals surface area contributed by atoms with E-state index in [9.17, 15) is 9.35 Å². The minimum Gasteiger partial charge on any atom is -0.597 e. The van der Waals surface area contributed by atoms with Crippen molar-refractivity contribution in [2.75, 3.05) is 7.05 Å². The van der Waals surface area contributed by atoms with Crippen LogP contribution in [0.15, 0.2) is 30.3 Å². The highest BCUT2D eigenvalue weighted by atomic mass is 32.2. The van der Waals surface area contributed by atoms with E-state index in [2.05, 4.69) is 0 Å². The van der Waals surface area contributed by atoms with Crippen LogP contribution in [0.1, 0.15) is 45.2 Å². The fourth-order valence-corrected chi connectivity index (χ4v) is 3.36. The van der Waals surface area contributed by atoms with Crippen LogP contribution >= 0.6 is 0 Å². The molecule has 1 unspecified atom stereocenters. The summed E-state index contributed by atoms with van der Waals surface area (Å²) < 4.78 is 13.9. The first-order valence-corrected chi connectivity index (χ1v) is 7.75. The van der Waals surface area contributed by atoms with Crippen molar-refractivity contribution in [3.05, 3.63) is 35.9 Å². The molecule has 1 rings (SSSR count). The summed E-state index contributed by atoms with van der Waals surface area (Å²) in [5.41, 5.74) is 0.994. The van der Waals surface area contributed by atoms with Crippen LogP contribution in [0, 0.1) is 0 Å². The molecule has 5 heteroatoms. The third kappa shape index (κ3) is 4.81. The van der Waals surface area contributed by atoms with Crippen molar-refractivity contribution in [2.24, 2.45) is 0 Å². The Bertz CT molecular complexity index is 430. The Labute approximate surface area is 124 Å². The molecular formula is C15H23NO3S. The van der Waals surface area contributed by atoms with E-state index >= 15 is 0 Å². The third-order valence-corrected chi connectivity index (χ3v) is 4.87. The van der Waals surface area contributed by atoms with E-state index in [1.807, 2.05) is 51.1 Å². The van der Waals surface area contributed by atoms with Gasteiger partial charge >= 0.3 is 5.97 Å². The number of hydrogen-bond acceptors (Lipinski definition) is 3. The Morgan fingerprint density at radius 3 is 2.35 bits per heavy atom. The zero-order chi connectivity index (χ0) is 15.3. The van der Waals surface area contributed by atoms with Gasteiger partial charge in [-0.1, -0.05) is 30.3 Å². The first kappa shape index (κ1) is 17.0. The number of rotatable bonds is 6. The molecule has 0 aliphatic rings. The normalized spacial score (nSPS) is 15.1. The Hall–Kier alpha value is -1.04. The van der Waals surface area contributed by atoms with Crippen molar-refractivity contribution in [3.63, 3.8) is 0 Å². The number of hydrogen-bond donors (Lipinski definition) is 1. The minimum atomic E-state index is -1.19. The molecule has 1 aromatic rings. The number of benzene rings is 1. The Balaban J connectivity index is 2.95. The molecule has 0 aromatic heterocycles. The summed E-state index contributed by atoms with van der Waals surface area (Å²) in [5.74, 6) is -0.833. The molecule has 0 aliphatic heterocycles. The molecule has 1 N–H and O–H groups in total. The quantitative estimate of drug-likeness (QED) is 0.820. The largest absolute Gasteiger partial charge is 0.597 e. The van der Waals surface area contributed by atoms with E-state index in [0.717, 1.165) is 5.56 Å². The van der Waals surface area contributed by atoms with E-state index in [1.54, 1.807) is 11.4 Å². The second-order valence-electron chi connectivity index (χ2n) is 5.77. The van der Waals surface area contributed by atoms with Gasteiger partial charge in [-0.25, -0.2) is 0 Å². The maximum absolute atomic E-state index is 12.5. The lowest BCUT2D eigenvalue weighted by Crippen LogP contribution is -2.42. The summed E-state index contributed by atoms with van der Waals surface area (Å²) in [4.78, 5) is 10.8. The molecule has 4 nitrogen and oxygen atoms in total. The smallest absolute Gasteiger partial charge is 0.303 e. The highest BCUT2D eigenvalue weighted by molar-refractivity contribution is 7.90.